The predicted octanol–water partition coefficient (Wildman–Crippen LogP) is 3.46. The Morgan fingerprint density at radius 3 is 2.79 bits per heavy atom. The first-order valence-electron chi connectivity index (χ1n) is 6.91. The number of rotatable bonds is 4. The summed E-state index contributed by atoms with van der Waals surface area (Å²) in [6.07, 6.45) is 0. The molecular formula is C16H12Cl2N2O4. The molecule has 0 radical (unpaired) electrons. The van der Waals surface area contributed by atoms with Gasteiger partial charge in [-0.2, -0.15) is 0 Å². The second kappa shape index (κ2) is 6.59. The second-order valence-corrected chi connectivity index (χ2v) is 5.86. The topological polar surface area (TPSA) is 73.5 Å². The number of carbonyl (C=O) groups excluding carboxylic acids is 1. The van der Waals surface area contributed by atoms with Gasteiger partial charge < -0.3 is 14.5 Å². The van der Waals surface area contributed by atoms with Crippen LogP contribution in [0.1, 0.15) is 0 Å². The quantitative estimate of drug-likeness (QED) is 0.767. The van der Waals surface area contributed by atoms with Crippen LogP contribution in [0, 0.1) is 0 Å². The minimum Gasteiger partial charge on any atom is -0.482 e. The van der Waals surface area contributed by atoms with Crippen LogP contribution in [0.3, 0.4) is 0 Å². The number of hydrogen-bond donors (Lipinski definition) is 1. The van der Waals surface area contributed by atoms with E-state index in [-0.39, 0.29) is 12.5 Å². The van der Waals surface area contributed by atoms with Gasteiger partial charge in [0.25, 0.3) is 5.91 Å². The lowest BCUT2D eigenvalue weighted by Gasteiger charge is -2.09. The maximum atomic E-state index is 12.0. The zero-order chi connectivity index (χ0) is 17.3. The van der Waals surface area contributed by atoms with E-state index in [1.807, 2.05) is 0 Å². The Labute approximate surface area is 146 Å². The number of nitrogens with one attached hydrogen (secondary N) is 1. The van der Waals surface area contributed by atoms with Crippen LogP contribution in [-0.4, -0.2) is 17.1 Å². The van der Waals surface area contributed by atoms with Crippen molar-refractivity contribution in [1.82, 2.24) is 4.57 Å². The van der Waals surface area contributed by atoms with Crippen molar-refractivity contribution in [3.8, 4) is 5.75 Å². The van der Waals surface area contributed by atoms with E-state index in [1.165, 1.54) is 10.6 Å². The molecule has 0 aliphatic carbocycles. The van der Waals surface area contributed by atoms with Crippen molar-refractivity contribution in [2.45, 2.75) is 0 Å². The number of carbonyl (C=O) groups is 1. The highest BCUT2D eigenvalue weighted by Crippen LogP contribution is 2.27. The van der Waals surface area contributed by atoms with Crippen LogP contribution in [0.2, 0.25) is 10.0 Å². The highest BCUT2D eigenvalue weighted by Gasteiger charge is 2.10. The first kappa shape index (κ1) is 16.4. The van der Waals surface area contributed by atoms with Crippen molar-refractivity contribution in [2.75, 3.05) is 11.9 Å². The Balaban J connectivity index is 1.67. The van der Waals surface area contributed by atoms with Gasteiger partial charge >= 0.3 is 5.76 Å². The summed E-state index contributed by atoms with van der Waals surface area (Å²) in [6.45, 7) is -0.224. The van der Waals surface area contributed by atoms with E-state index in [2.05, 4.69) is 5.32 Å². The average Bonchev–Trinajstić information content (AvgIpc) is 2.81. The molecule has 0 saturated heterocycles. The van der Waals surface area contributed by atoms with Gasteiger partial charge in [0.05, 0.1) is 10.5 Å². The zero-order valence-corrected chi connectivity index (χ0v) is 14.0. The third-order valence-electron chi connectivity index (χ3n) is 3.33. The number of halogens is 2. The third-order valence-corrected chi connectivity index (χ3v) is 3.86. The molecule has 0 unspecified atom stereocenters. The molecule has 1 aromatic heterocycles. The van der Waals surface area contributed by atoms with Crippen molar-refractivity contribution in [3.63, 3.8) is 0 Å². The predicted molar refractivity (Wildman–Crippen MR) is 92.0 cm³/mol. The number of amides is 1. The average molecular weight is 367 g/mol. The number of aromatic nitrogens is 1. The molecule has 3 aromatic rings. The summed E-state index contributed by atoms with van der Waals surface area (Å²) in [5.74, 6) is -0.478. The first-order chi connectivity index (χ1) is 11.4. The molecule has 0 bridgehead atoms. The second-order valence-electron chi connectivity index (χ2n) is 5.02. The molecule has 1 heterocycles. The number of oxazole rings is 1. The number of aryl methyl sites for hydroxylation is 1. The van der Waals surface area contributed by atoms with Crippen LogP contribution in [0.5, 0.6) is 5.75 Å². The maximum absolute atomic E-state index is 12.0. The fourth-order valence-corrected chi connectivity index (χ4v) is 2.61. The molecule has 1 amide bonds. The summed E-state index contributed by atoms with van der Waals surface area (Å²) in [6, 6.07) is 9.66. The van der Waals surface area contributed by atoms with Crippen LogP contribution in [-0.2, 0) is 11.8 Å². The van der Waals surface area contributed by atoms with Gasteiger partial charge in [0.2, 0.25) is 0 Å². The van der Waals surface area contributed by atoms with Crippen molar-refractivity contribution < 1.29 is 13.9 Å². The number of fused-ring (bicyclic) bond motifs is 1. The standard InChI is InChI=1S/C16H12Cl2N2O4/c1-20-12-4-3-10(7-14(12)24-16(20)22)19-15(21)8-23-13-5-2-9(17)6-11(13)18/h2-7H,8H2,1H3,(H,19,21). The van der Waals surface area contributed by atoms with E-state index in [4.69, 9.17) is 32.4 Å². The fourth-order valence-electron chi connectivity index (χ4n) is 2.14. The minimum atomic E-state index is -0.464. The Morgan fingerprint density at radius 2 is 2.04 bits per heavy atom. The molecule has 0 saturated carbocycles. The fraction of sp³-hybridized carbons (Fsp3) is 0.125. The molecule has 24 heavy (non-hydrogen) atoms. The summed E-state index contributed by atoms with van der Waals surface area (Å²) in [7, 11) is 1.61. The zero-order valence-electron chi connectivity index (χ0n) is 12.5. The molecule has 6 nitrogen and oxygen atoms in total. The van der Waals surface area contributed by atoms with E-state index >= 15 is 0 Å². The minimum absolute atomic E-state index is 0.224. The van der Waals surface area contributed by atoms with Gasteiger partial charge in [-0.3, -0.25) is 9.36 Å². The molecule has 0 spiro atoms. The molecule has 0 fully saturated rings. The summed E-state index contributed by atoms with van der Waals surface area (Å²) in [4.78, 5) is 23.4. The summed E-state index contributed by atoms with van der Waals surface area (Å²) < 4.78 is 11.8. The lowest BCUT2D eigenvalue weighted by atomic mass is 10.3. The monoisotopic (exact) mass is 366 g/mol. The van der Waals surface area contributed by atoms with E-state index < -0.39 is 5.76 Å². The van der Waals surface area contributed by atoms with Gasteiger partial charge in [0, 0.05) is 23.8 Å². The van der Waals surface area contributed by atoms with Gasteiger partial charge in [-0.15, -0.1) is 0 Å². The van der Waals surface area contributed by atoms with Gasteiger partial charge in [0.15, 0.2) is 12.2 Å². The first-order valence-corrected chi connectivity index (χ1v) is 7.67. The summed E-state index contributed by atoms with van der Waals surface area (Å²) >= 11 is 11.8. The smallest absolute Gasteiger partial charge is 0.419 e. The molecule has 124 valence electrons. The van der Waals surface area contributed by atoms with Crippen molar-refractivity contribution in [1.29, 1.82) is 0 Å². The number of nitrogens with zero attached hydrogens (tertiary/aromatic N) is 1. The molecular weight excluding hydrogens is 355 g/mol. The largest absolute Gasteiger partial charge is 0.482 e. The molecule has 0 aliphatic heterocycles. The normalized spacial score (nSPS) is 10.8. The van der Waals surface area contributed by atoms with Gasteiger partial charge in [-0.1, -0.05) is 23.2 Å². The van der Waals surface area contributed by atoms with Crippen LogP contribution >= 0.6 is 23.2 Å². The molecule has 0 atom stereocenters. The highest BCUT2D eigenvalue weighted by atomic mass is 35.5. The summed E-state index contributed by atoms with van der Waals surface area (Å²) in [5.41, 5.74) is 1.52. The van der Waals surface area contributed by atoms with E-state index in [1.54, 1.807) is 37.4 Å². The van der Waals surface area contributed by atoms with Gasteiger partial charge in [-0.25, -0.2) is 4.79 Å². The Bertz CT molecular complexity index is 978. The molecule has 2 aromatic carbocycles. The van der Waals surface area contributed by atoms with Crippen molar-refractivity contribution >= 4 is 45.9 Å². The third kappa shape index (κ3) is 3.39. The molecule has 3 rings (SSSR count). The number of anilines is 1. The van der Waals surface area contributed by atoms with Crippen molar-refractivity contribution in [3.05, 3.63) is 57.0 Å². The SMILES string of the molecule is Cn1c(=O)oc2cc(NC(=O)COc3ccc(Cl)cc3Cl)ccc21. The van der Waals surface area contributed by atoms with Crippen molar-refractivity contribution in [2.24, 2.45) is 7.05 Å². The van der Waals surface area contributed by atoms with Gasteiger partial charge in [-0.05, 0) is 30.3 Å². The molecule has 0 aliphatic rings. The van der Waals surface area contributed by atoms with Crippen LogP contribution < -0.4 is 15.8 Å². The maximum Gasteiger partial charge on any atom is 0.419 e. The van der Waals surface area contributed by atoms with Crippen LogP contribution in [0.4, 0.5) is 5.69 Å². The van der Waals surface area contributed by atoms with E-state index in [0.29, 0.717) is 32.6 Å². The number of benzene rings is 2. The molecule has 1 N–H and O–H groups in total. The Kier molecular flexibility index (Phi) is 4.51. The lowest BCUT2D eigenvalue weighted by Crippen LogP contribution is -2.20. The molecule has 8 heteroatoms. The number of hydrogen-bond acceptors (Lipinski definition) is 4. The highest BCUT2D eigenvalue weighted by molar-refractivity contribution is 6.35. The lowest BCUT2D eigenvalue weighted by molar-refractivity contribution is -0.118. The van der Waals surface area contributed by atoms with Crippen LogP contribution in [0.25, 0.3) is 11.1 Å². The van der Waals surface area contributed by atoms with E-state index in [9.17, 15) is 9.59 Å². The van der Waals surface area contributed by atoms with E-state index in [0.717, 1.165) is 0 Å². The Morgan fingerprint density at radius 1 is 1.25 bits per heavy atom. The Hall–Kier alpha value is -2.44. The van der Waals surface area contributed by atoms with Crippen LogP contribution in [0.15, 0.2) is 45.6 Å². The van der Waals surface area contributed by atoms with Gasteiger partial charge in [0.1, 0.15) is 5.75 Å². The summed E-state index contributed by atoms with van der Waals surface area (Å²) in [5, 5.41) is 3.46. The number of ether oxygens (including phenoxy) is 1.